The minimum atomic E-state index is -1.12. The Morgan fingerprint density at radius 3 is 2.58 bits per heavy atom. The molecule has 2 aliphatic rings. The number of carbonyl (C=O) groups is 2. The molecule has 4 rings (SSSR count). The van der Waals surface area contributed by atoms with Crippen molar-refractivity contribution in [3.05, 3.63) is 63.1 Å². The Kier molecular flexibility index (Phi) is 9.40. The van der Waals surface area contributed by atoms with E-state index in [0.29, 0.717) is 51.4 Å². The Morgan fingerprint density at radius 1 is 1.23 bits per heavy atom. The zero-order valence-electron chi connectivity index (χ0n) is 22.6. The first-order chi connectivity index (χ1) is 19.1. The van der Waals surface area contributed by atoms with Gasteiger partial charge in [-0.25, -0.2) is 8.78 Å². The largest absolute Gasteiger partial charge is 0.502 e. The number of benzene rings is 1. The van der Waals surface area contributed by atoms with E-state index in [0.717, 1.165) is 6.07 Å². The number of amides is 2. The smallest absolute Gasteiger partial charge is 0.278 e. The van der Waals surface area contributed by atoms with Crippen LogP contribution in [0.25, 0.3) is 0 Å². The number of rotatable bonds is 11. The number of hydrogen-bond donors (Lipinski definition) is 2. The van der Waals surface area contributed by atoms with Crippen molar-refractivity contribution in [2.24, 2.45) is 0 Å². The first-order valence-corrected chi connectivity index (χ1v) is 14.4. The molecule has 0 radical (unpaired) electrons. The molecular weight excluding hydrogens is 549 g/mol. The molecule has 40 heavy (non-hydrogen) atoms. The highest BCUT2D eigenvalue weighted by molar-refractivity contribution is 7.47. The molecule has 11 nitrogen and oxygen atoms in total. The van der Waals surface area contributed by atoms with Crippen LogP contribution in [0, 0.1) is 11.6 Å². The van der Waals surface area contributed by atoms with Crippen LogP contribution in [-0.2, 0) is 20.3 Å². The van der Waals surface area contributed by atoms with Crippen molar-refractivity contribution in [3.8, 4) is 5.75 Å². The van der Waals surface area contributed by atoms with Gasteiger partial charge in [-0.1, -0.05) is 6.07 Å². The van der Waals surface area contributed by atoms with Crippen LogP contribution >= 0.6 is 8.38 Å². The van der Waals surface area contributed by atoms with E-state index in [9.17, 15) is 28.3 Å². The lowest BCUT2D eigenvalue weighted by atomic mass is 10.0. The molecule has 1 unspecified atom stereocenters. The van der Waals surface area contributed by atoms with Gasteiger partial charge in [0.25, 0.3) is 11.8 Å². The number of aromatic hydroxyl groups is 1. The van der Waals surface area contributed by atoms with Gasteiger partial charge in [0.05, 0.1) is 26.4 Å². The fraction of sp³-hybridized carbons (Fsp3) is 0.500. The summed E-state index contributed by atoms with van der Waals surface area (Å²) in [6.07, 6.45) is 2.85. The monoisotopic (exact) mass is 582 g/mol. The Bertz CT molecular complexity index is 1310. The van der Waals surface area contributed by atoms with Gasteiger partial charge in [-0.2, -0.15) is 0 Å². The minimum absolute atomic E-state index is 0.0117. The van der Waals surface area contributed by atoms with Gasteiger partial charge in [0, 0.05) is 50.5 Å². The average Bonchev–Trinajstić information content (AvgIpc) is 3.41. The fourth-order valence-corrected chi connectivity index (χ4v) is 6.24. The van der Waals surface area contributed by atoms with Crippen molar-refractivity contribution < 1.29 is 37.3 Å². The quantitative estimate of drug-likeness (QED) is 0.388. The summed E-state index contributed by atoms with van der Waals surface area (Å²) in [5.74, 6) is -3.98. The first-order valence-electron chi connectivity index (χ1n) is 13.0. The summed E-state index contributed by atoms with van der Waals surface area (Å²) in [6.45, 7) is 5.37. The molecule has 1 fully saturated rings. The SMILES string of the molecule is CCOP(CCCN1n2cc(C(=O)NCc3ccc(F)cc3F)c(=O)c(O)c2C(=O)N(C)C12CCOC2)OCC. The van der Waals surface area contributed by atoms with Crippen LogP contribution in [0.2, 0.25) is 0 Å². The van der Waals surface area contributed by atoms with Crippen molar-refractivity contribution in [2.45, 2.75) is 38.9 Å². The normalized spacial score (nSPS) is 18.6. The van der Waals surface area contributed by atoms with Crippen LogP contribution in [0.3, 0.4) is 0 Å². The summed E-state index contributed by atoms with van der Waals surface area (Å²) in [5.41, 5.74) is -2.66. The molecule has 1 atom stereocenters. The molecule has 0 aliphatic carbocycles. The molecule has 1 aromatic heterocycles. The topological polar surface area (TPSA) is 123 Å². The third-order valence-electron chi connectivity index (χ3n) is 6.97. The lowest BCUT2D eigenvalue weighted by Gasteiger charge is -2.52. The van der Waals surface area contributed by atoms with Gasteiger partial charge in [0.15, 0.2) is 25.5 Å². The van der Waals surface area contributed by atoms with E-state index in [1.54, 1.807) is 7.05 Å². The van der Waals surface area contributed by atoms with Crippen LogP contribution in [0.1, 0.15) is 53.1 Å². The van der Waals surface area contributed by atoms with Crippen molar-refractivity contribution in [2.75, 3.05) is 51.2 Å². The van der Waals surface area contributed by atoms with Crippen LogP contribution in [-0.4, -0.2) is 78.3 Å². The number of fused-ring (bicyclic) bond motifs is 1. The molecular formula is C26H33F2N4O7P. The molecule has 3 heterocycles. The number of nitrogens with one attached hydrogen (secondary N) is 1. The molecule has 14 heteroatoms. The zero-order valence-corrected chi connectivity index (χ0v) is 23.5. The predicted octanol–water partition coefficient (Wildman–Crippen LogP) is 2.68. The van der Waals surface area contributed by atoms with Gasteiger partial charge in [-0.05, 0) is 26.3 Å². The third kappa shape index (κ3) is 5.69. The van der Waals surface area contributed by atoms with E-state index < -0.39 is 54.2 Å². The maximum Gasteiger partial charge on any atom is 0.278 e. The van der Waals surface area contributed by atoms with E-state index in [2.05, 4.69) is 5.32 Å². The lowest BCUT2D eigenvalue weighted by molar-refractivity contribution is 0.0301. The molecule has 2 aromatic rings. The molecule has 0 saturated carbocycles. The highest BCUT2D eigenvalue weighted by Gasteiger charge is 2.52. The van der Waals surface area contributed by atoms with Crippen LogP contribution in [0.15, 0.2) is 29.2 Å². The summed E-state index contributed by atoms with van der Waals surface area (Å²) in [6, 6.07) is 2.92. The van der Waals surface area contributed by atoms with Crippen molar-refractivity contribution >= 4 is 20.2 Å². The molecule has 1 spiro atoms. The first kappa shape index (κ1) is 29.9. The summed E-state index contributed by atoms with van der Waals surface area (Å²) in [7, 11) is 0.462. The molecule has 218 valence electrons. The molecule has 2 aliphatic heterocycles. The number of halogens is 2. The molecule has 2 N–H and O–H groups in total. The predicted molar refractivity (Wildman–Crippen MR) is 143 cm³/mol. The maximum atomic E-state index is 14.1. The molecule has 0 bridgehead atoms. The summed E-state index contributed by atoms with van der Waals surface area (Å²) >= 11 is 0. The molecule has 1 aromatic carbocycles. The highest BCUT2D eigenvalue weighted by atomic mass is 31.2. The number of likely N-dealkylation sites (N-methyl/N-ethyl adjacent to an activating group) is 1. The van der Waals surface area contributed by atoms with Crippen molar-refractivity contribution in [1.29, 1.82) is 0 Å². The van der Waals surface area contributed by atoms with E-state index >= 15 is 0 Å². The maximum absolute atomic E-state index is 14.1. The zero-order chi connectivity index (χ0) is 29.0. The number of ether oxygens (including phenoxy) is 1. The fourth-order valence-electron chi connectivity index (χ4n) is 4.93. The number of hydrogen-bond acceptors (Lipinski definition) is 8. The second-order valence-corrected chi connectivity index (χ2v) is 11.0. The van der Waals surface area contributed by atoms with E-state index in [-0.39, 0.29) is 24.4 Å². The molecule has 2 amide bonds. The van der Waals surface area contributed by atoms with Gasteiger partial charge >= 0.3 is 0 Å². The molecule has 1 saturated heterocycles. The summed E-state index contributed by atoms with van der Waals surface area (Å²) in [5, 5.41) is 15.1. The average molecular weight is 583 g/mol. The second-order valence-electron chi connectivity index (χ2n) is 9.35. The Labute approximate surface area is 231 Å². The summed E-state index contributed by atoms with van der Waals surface area (Å²) < 4.78 is 45.8. The number of pyridine rings is 1. The van der Waals surface area contributed by atoms with E-state index in [1.165, 1.54) is 21.8 Å². The van der Waals surface area contributed by atoms with Crippen molar-refractivity contribution in [1.82, 2.24) is 14.9 Å². The lowest BCUT2D eigenvalue weighted by Crippen LogP contribution is -2.70. The van der Waals surface area contributed by atoms with Gasteiger partial charge in [0.2, 0.25) is 5.43 Å². The number of carbonyl (C=O) groups excluding carboxylic acids is 2. The second kappa shape index (κ2) is 12.6. The van der Waals surface area contributed by atoms with Crippen LogP contribution in [0.4, 0.5) is 8.78 Å². The Morgan fingerprint density at radius 2 is 1.95 bits per heavy atom. The standard InChI is InChI=1S/C26H33F2N4O7P/c1-4-38-40(39-5-2)12-6-10-32-26(9-11-37-16-26)30(3)25(36)21-23(34)22(33)19(15-31(21)32)24(35)29-14-17-7-8-18(27)13-20(17)28/h7-8,13,15,34H,4-6,9-12,14,16H2,1-3H3,(H,29,35). The van der Waals surface area contributed by atoms with Gasteiger partial charge in [-0.15, -0.1) is 0 Å². The van der Waals surface area contributed by atoms with Gasteiger partial charge in [0.1, 0.15) is 17.2 Å². The third-order valence-corrected chi connectivity index (χ3v) is 8.75. The summed E-state index contributed by atoms with van der Waals surface area (Å²) in [4.78, 5) is 41.0. The Balaban J connectivity index is 1.68. The minimum Gasteiger partial charge on any atom is -0.502 e. The van der Waals surface area contributed by atoms with Crippen LogP contribution < -0.4 is 15.8 Å². The van der Waals surface area contributed by atoms with Crippen molar-refractivity contribution in [3.63, 3.8) is 0 Å². The number of aromatic nitrogens is 1. The van der Waals surface area contributed by atoms with E-state index in [4.69, 9.17) is 13.8 Å². The van der Waals surface area contributed by atoms with E-state index in [1.807, 2.05) is 18.9 Å². The number of nitrogens with zero attached hydrogens (tertiary/aromatic N) is 3. The van der Waals surface area contributed by atoms with Gasteiger partial charge < -0.3 is 29.1 Å². The Hall–Kier alpha value is -3.12. The van der Waals surface area contributed by atoms with Gasteiger partial charge in [-0.3, -0.25) is 24.1 Å². The highest BCUT2D eigenvalue weighted by Crippen LogP contribution is 2.40. The van der Waals surface area contributed by atoms with Crippen LogP contribution in [0.5, 0.6) is 5.75 Å².